The Hall–Kier alpha value is -3.57. The summed E-state index contributed by atoms with van der Waals surface area (Å²) in [6.45, 7) is 2.13. The van der Waals surface area contributed by atoms with Crippen LogP contribution >= 0.6 is 31.9 Å². The first-order chi connectivity index (χ1) is 18.5. The Morgan fingerprint density at radius 2 is 1.61 bits per heavy atom. The summed E-state index contributed by atoms with van der Waals surface area (Å²) in [5.74, 6) is 1.76. The molecule has 0 radical (unpaired) electrons. The van der Waals surface area contributed by atoms with Gasteiger partial charge in [-0.2, -0.15) is 20.1 Å². The molecule has 0 bridgehead atoms. The summed E-state index contributed by atoms with van der Waals surface area (Å²) < 4.78 is 20.6. The zero-order valence-corrected chi connectivity index (χ0v) is 23.4. The first-order valence-corrected chi connectivity index (χ1v) is 13.6. The lowest BCUT2D eigenvalue weighted by molar-refractivity contribution is 0.302. The average molecular weight is 641 g/mol. The highest BCUT2D eigenvalue weighted by atomic mass is 79.9. The summed E-state index contributed by atoms with van der Waals surface area (Å²) in [5.41, 5.74) is 5.51. The molecular weight excluding hydrogens is 617 g/mol. The van der Waals surface area contributed by atoms with Crippen LogP contribution in [0.25, 0.3) is 0 Å². The summed E-state index contributed by atoms with van der Waals surface area (Å²) in [7, 11) is 0. The van der Waals surface area contributed by atoms with Gasteiger partial charge in [0, 0.05) is 18.8 Å². The first-order valence-electron chi connectivity index (χ1n) is 12.0. The Balaban J connectivity index is 1.29. The van der Waals surface area contributed by atoms with Gasteiger partial charge in [-0.1, -0.05) is 30.3 Å². The number of nitrogens with one attached hydrogen (secondary N) is 2. The number of para-hydroxylation sites is 1. The molecule has 2 N–H and O–H groups in total. The molecule has 1 aliphatic rings. The van der Waals surface area contributed by atoms with Crippen molar-refractivity contribution in [3.8, 4) is 5.75 Å². The van der Waals surface area contributed by atoms with Gasteiger partial charge in [-0.05, 0) is 92.2 Å². The van der Waals surface area contributed by atoms with E-state index < -0.39 is 0 Å². The summed E-state index contributed by atoms with van der Waals surface area (Å²) in [6.07, 6.45) is 3.89. The normalized spacial score (nSPS) is 13.2. The highest BCUT2D eigenvalue weighted by Gasteiger charge is 2.17. The number of benzene rings is 3. The molecule has 11 heteroatoms. The first kappa shape index (κ1) is 26.1. The van der Waals surface area contributed by atoms with E-state index in [2.05, 4.69) is 67.6 Å². The van der Waals surface area contributed by atoms with E-state index >= 15 is 0 Å². The third-order valence-corrected chi connectivity index (χ3v) is 6.92. The molecule has 3 aromatic carbocycles. The molecule has 2 heterocycles. The van der Waals surface area contributed by atoms with Crippen LogP contribution in [-0.4, -0.2) is 34.3 Å². The molecular formula is C27H24Br2FN7O. The van der Waals surface area contributed by atoms with Gasteiger partial charge in [-0.3, -0.25) is 0 Å². The van der Waals surface area contributed by atoms with Crippen molar-refractivity contribution in [2.75, 3.05) is 28.7 Å². The van der Waals surface area contributed by atoms with Crippen LogP contribution in [0.2, 0.25) is 0 Å². The minimum atomic E-state index is -0.276. The number of ether oxygens (including phenoxy) is 1. The highest BCUT2D eigenvalue weighted by Crippen LogP contribution is 2.35. The fourth-order valence-corrected chi connectivity index (χ4v) is 5.32. The molecule has 0 unspecified atom stereocenters. The maximum atomic E-state index is 13.1. The van der Waals surface area contributed by atoms with E-state index in [0.29, 0.717) is 30.2 Å². The smallest absolute Gasteiger partial charge is 0.250 e. The standard InChI is InChI=1S/C27H24Br2FN7O/c28-22-14-19(15-23(29)24(22)38-17-18-8-10-20(30)11-9-18)16-31-36-26-33-25(32-21-6-2-1-3-7-21)34-27(35-26)37-12-4-5-13-37/h1-3,6-11,14-16H,4-5,12-13,17H2,(H2,32,33,34,35,36)/b31-16+. The molecule has 1 saturated heterocycles. The van der Waals surface area contributed by atoms with Crippen molar-refractivity contribution in [2.24, 2.45) is 5.10 Å². The number of hydrogen-bond acceptors (Lipinski definition) is 8. The molecule has 0 spiro atoms. The van der Waals surface area contributed by atoms with Crippen molar-refractivity contribution >= 4 is 61.6 Å². The Morgan fingerprint density at radius 3 is 2.32 bits per heavy atom. The van der Waals surface area contributed by atoms with Crippen molar-refractivity contribution < 1.29 is 9.13 Å². The van der Waals surface area contributed by atoms with Crippen molar-refractivity contribution in [3.05, 3.63) is 92.6 Å². The lowest BCUT2D eigenvalue weighted by Crippen LogP contribution is -2.21. The largest absolute Gasteiger partial charge is 0.487 e. The zero-order chi connectivity index (χ0) is 26.3. The Morgan fingerprint density at radius 1 is 0.921 bits per heavy atom. The van der Waals surface area contributed by atoms with Crippen LogP contribution in [0, 0.1) is 5.82 Å². The molecule has 4 aromatic rings. The monoisotopic (exact) mass is 639 g/mol. The number of anilines is 4. The fraction of sp³-hybridized carbons (Fsp3) is 0.185. The second-order valence-electron chi connectivity index (χ2n) is 8.57. The number of hydrogen-bond donors (Lipinski definition) is 2. The van der Waals surface area contributed by atoms with Crippen LogP contribution in [0.4, 0.5) is 27.9 Å². The Kier molecular flexibility index (Phi) is 8.44. The van der Waals surface area contributed by atoms with E-state index in [1.165, 1.54) is 12.1 Å². The third kappa shape index (κ3) is 6.84. The topological polar surface area (TPSA) is 87.6 Å². The molecule has 194 valence electrons. The number of aromatic nitrogens is 3. The summed E-state index contributed by atoms with van der Waals surface area (Å²) in [6, 6.07) is 19.8. The number of hydrazone groups is 1. The van der Waals surface area contributed by atoms with Gasteiger partial charge in [0.05, 0.1) is 15.2 Å². The van der Waals surface area contributed by atoms with Crippen LogP contribution in [0.1, 0.15) is 24.0 Å². The Labute approximate surface area is 236 Å². The SMILES string of the molecule is Fc1ccc(COc2c(Br)cc(/C=N/Nc3nc(Nc4ccccc4)nc(N4CCCC4)n3)cc2Br)cc1. The maximum absolute atomic E-state index is 13.1. The van der Waals surface area contributed by atoms with Crippen molar-refractivity contribution in [3.63, 3.8) is 0 Å². The molecule has 1 aromatic heterocycles. The third-order valence-electron chi connectivity index (χ3n) is 5.74. The fourth-order valence-electron chi connectivity index (χ4n) is 3.87. The van der Waals surface area contributed by atoms with Gasteiger partial charge in [-0.25, -0.2) is 9.82 Å². The van der Waals surface area contributed by atoms with Crippen molar-refractivity contribution in [1.29, 1.82) is 0 Å². The summed E-state index contributed by atoms with van der Waals surface area (Å²) >= 11 is 7.13. The maximum Gasteiger partial charge on any atom is 0.250 e. The van der Waals surface area contributed by atoms with E-state index in [1.807, 2.05) is 42.5 Å². The van der Waals surface area contributed by atoms with Gasteiger partial charge in [0.25, 0.3) is 0 Å². The zero-order valence-electron chi connectivity index (χ0n) is 20.2. The second-order valence-corrected chi connectivity index (χ2v) is 10.3. The molecule has 1 fully saturated rings. The van der Waals surface area contributed by atoms with Gasteiger partial charge >= 0.3 is 0 Å². The van der Waals surface area contributed by atoms with Gasteiger partial charge in [0.15, 0.2) is 0 Å². The van der Waals surface area contributed by atoms with E-state index in [0.717, 1.165) is 51.7 Å². The molecule has 5 rings (SSSR count). The second kappa shape index (κ2) is 12.3. The molecule has 0 atom stereocenters. The van der Waals surface area contributed by atoms with E-state index in [4.69, 9.17) is 4.74 Å². The predicted molar refractivity (Wildman–Crippen MR) is 155 cm³/mol. The van der Waals surface area contributed by atoms with Crippen LogP contribution in [0.3, 0.4) is 0 Å². The summed E-state index contributed by atoms with van der Waals surface area (Å²) in [5, 5.41) is 7.59. The number of nitrogens with zero attached hydrogens (tertiary/aromatic N) is 5. The van der Waals surface area contributed by atoms with Crippen LogP contribution in [0.15, 0.2) is 80.8 Å². The van der Waals surface area contributed by atoms with Gasteiger partial charge < -0.3 is 15.0 Å². The van der Waals surface area contributed by atoms with E-state index in [1.54, 1.807) is 18.3 Å². The quantitative estimate of drug-likeness (QED) is 0.152. The number of rotatable bonds is 9. The van der Waals surface area contributed by atoms with Gasteiger partial charge in [-0.15, -0.1) is 0 Å². The minimum absolute atomic E-state index is 0.276. The summed E-state index contributed by atoms with van der Waals surface area (Å²) in [4.78, 5) is 15.8. The lowest BCUT2D eigenvalue weighted by atomic mass is 10.2. The molecule has 0 saturated carbocycles. The lowest BCUT2D eigenvalue weighted by Gasteiger charge is -2.16. The minimum Gasteiger partial charge on any atom is -0.487 e. The van der Waals surface area contributed by atoms with E-state index in [-0.39, 0.29) is 5.82 Å². The molecule has 1 aliphatic heterocycles. The molecule has 38 heavy (non-hydrogen) atoms. The van der Waals surface area contributed by atoms with Crippen molar-refractivity contribution in [2.45, 2.75) is 19.4 Å². The van der Waals surface area contributed by atoms with Crippen LogP contribution in [0.5, 0.6) is 5.75 Å². The predicted octanol–water partition coefficient (Wildman–Crippen LogP) is 6.90. The van der Waals surface area contributed by atoms with Gasteiger partial charge in [0.1, 0.15) is 18.2 Å². The molecule has 0 aliphatic carbocycles. The highest BCUT2D eigenvalue weighted by molar-refractivity contribution is 9.11. The van der Waals surface area contributed by atoms with Crippen LogP contribution in [-0.2, 0) is 6.61 Å². The van der Waals surface area contributed by atoms with Crippen LogP contribution < -0.4 is 20.4 Å². The molecule has 8 nitrogen and oxygen atoms in total. The number of halogens is 3. The van der Waals surface area contributed by atoms with E-state index in [9.17, 15) is 4.39 Å². The average Bonchev–Trinajstić information content (AvgIpc) is 3.45. The van der Waals surface area contributed by atoms with Gasteiger partial charge in [0.2, 0.25) is 17.8 Å². The molecule has 0 amide bonds. The Bertz CT molecular complexity index is 1390. The van der Waals surface area contributed by atoms with Crippen molar-refractivity contribution in [1.82, 2.24) is 15.0 Å².